The van der Waals surface area contributed by atoms with Gasteiger partial charge < -0.3 is 30.5 Å². The Morgan fingerprint density at radius 2 is 2.00 bits per heavy atom. The Morgan fingerprint density at radius 1 is 1.24 bits per heavy atom. The van der Waals surface area contributed by atoms with Crippen LogP contribution in [0.2, 0.25) is 5.02 Å². The zero-order chi connectivity index (χ0) is 29.4. The molecule has 0 spiro atoms. The molecule has 1 saturated heterocycles. The molecule has 0 radical (unpaired) electrons. The second kappa shape index (κ2) is 14.3. The van der Waals surface area contributed by atoms with Crippen molar-refractivity contribution in [2.24, 2.45) is 10.7 Å². The van der Waals surface area contributed by atoms with E-state index >= 15 is 0 Å². The molecule has 2 unspecified atom stereocenters. The van der Waals surface area contributed by atoms with Crippen molar-refractivity contribution in [2.45, 2.75) is 82.3 Å². The number of amides is 2. The second-order valence-electron chi connectivity index (χ2n) is 11.0. The third kappa shape index (κ3) is 7.86. The number of aliphatic imine (C=N–C) groups is 1. The summed E-state index contributed by atoms with van der Waals surface area (Å²) in [6, 6.07) is 15.1. The van der Waals surface area contributed by atoms with Crippen LogP contribution in [0.4, 0.5) is 0 Å². The Hall–Kier alpha value is -2.98. The van der Waals surface area contributed by atoms with Crippen LogP contribution in [-0.4, -0.2) is 77.2 Å². The number of rotatable bonds is 13. The first-order valence-corrected chi connectivity index (χ1v) is 14.7. The lowest BCUT2D eigenvalue weighted by molar-refractivity contribution is -0.141. The molecule has 9 nitrogen and oxygen atoms in total. The van der Waals surface area contributed by atoms with Crippen LogP contribution in [0.25, 0.3) is 0 Å². The van der Waals surface area contributed by atoms with E-state index in [2.05, 4.69) is 5.32 Å². The van der Waals surface area contributed by atoms with Gasteiger partial charge in [0.05, 0.1) is 25.4 Å². The number of carbonyl (C=O) groups excluding carboxylic acids is 2. The van der Waals surface area contributed by atoms with Crippen molar-refractivity contribution in [2.75, 3.05) is 19.8 Å². The second-order valence-corrected chi connectivity index (χ2v) is 11.4. The fraction of sp³-hybridized carbons (Fsp3) is 0.516. The van der Waals surface area contributed by atoms with Crippen LogP contribution in [0, 0.1) is 0 Å². The first kappa shape index (κ1) is 31.0. The fourth-order valence-corrected chi connectivity index (χ4v) is 5.59. The minimum absolute atomic E-state index is 0.201. The highest BCUT2D eigenvalue weighted by atomic mass is 35.5. The molecule has 2 amide bonds. The average molecular weight is 585 g/mol. The highest BCUT2D eigenvalue weighted by Gasteiger charge is 2.44. The molecule has 0 aliphatic carbocycles. The van der Waals surface area contributed by atoms with Crippen molar-refractivity contribution in [1.29, 1.82) is 0 Å². The molecule has 2 aromatic carbocycles. The van der Waals surface area contributed by atoms with Crippen molar-refractivity contribution in [3.8, 4) is 0 Å². The molecule has 0 bridgehead atoms. The predicted octanol–water partition coefficient (Wildman–Crippen LogP) is 3.25. The van der Waals surface area contributed by atoms with E-state index in [4.69, 9.17) is 31.8 Å². The van der Waals surface area contributed by atoms with Crippen LogP contribution in [0.15, 0.2) is 59.6 Å². The number of hydrogen-bond donors (Lipinski definition) is 3. The summed E-state index contributed by atoms with van der Waals surface area (Å²) in [5.41, 5.74) is 7.14. The molecular formula is C31H41ClN4O5. The number of nitrogens with two attached hydrogens (primary N) is 1. The zero-order valence-electron chi connectivity index (χ0n) is 23.8. The van der Waals surface area contributed by atoms with E-state index in [0.717, 1.165) is 24.0 Å². The van der Waals surface area contributed by atoms with Crippen molar-refractivity contribution in [3.63, 3.8) is 0 Å². The summed E-state index contributed by atoms with van der Waals surface area (Å²) in [6.45, 7) is 4.52. The predicted molar refractivity (Wildman–Crippen MR) is 159 cm³/mol. The van der Waals surface area contributed by atoms with Crippen LogP contribution < -0.4 is 11.1 Å². The highest BCUT2D eigenvalue weighted by molar-refractivity contribution is 6.30. The number of ether oxygens (including phenoxy) is 2. The smallest absolute Gasteiger partial charge is 0.248 e. The lowest BCUT2D eigenvalue weighted by Gasteiger charge is -2.32. The highest BCUT2D eigenvalue weighted by Crippen LogP contribution is 2.30. The topological polar surface area (TPSA) is 126 Å². The number of aliphatic hydroxyl groups excluding tert-OH is 1. The summed E-state index contributed by atoms with van der Waals surface area (Å²) in [4.78, 5) is 33.6. The Labute approximate surface area is 247 Å². The SMILES string of the molecule is CCC[C@H](N)C(=O)N[C@H](C(=O)N1CCCC1C1=N[C@](CO)(Cc2cccc(Cl)c2)CO1)C(C)OCc1ccccc1. The van der Waals surface area contributed by atoms with Crippen LogP contribution in [0.1, 0.15) is 50.7 Å². The van der Waals surface area contributed by atoms with Crippen LogP contribution >= 0.6 is 11.6 Å². The van der Waals surface area contributed by atoms with E-state index in [0.29, 0.717) is 43.3 Å². The van der Waals surface area contributed by atoms with E-state index in [-0.39, 0.29) is 25.0 Å². The number of halogens is 1. The molecule has 41 heavy (non-hydrogen) atoms. The van der Waals surface area contributed by atoms with E-state index in [1.54, 1.807) is 17.9 Å². The zero-order valence-corrected chi connectivity index (χ0v) is 24.6. The fourth-order valence-electron chi connectivity index (χ4n) is 5.38. The average Bonchev–Trinajstić information content (AvgIpc) is 3.63. The molecule has 2 aliphatic heterocycles. The monoisotopic (exact) mass is 584 g/mol. The number of nitrogens with one attached hydrogen (secondary N) is 1. The first-order valence-electron chi connectivity index (χ1n) is 14.3. The molecular weight excluding hydrogens is 544 g/mol. The first-order chi connectivity index (χ1) is 19.7. The Bertz CT molecular complexity index is 1210. The maximum Gasteiger partial charge on any atom is 0.248 e. The van der Waals surface area contributed by atoms with Gasteiger partial charge in [-0.25, -0.2) is 4.99 Å². The van der Waals surface area contributed by atoms with Gasteiger partial charge in [0.1, 0.15) is 24.2 Å². The molecule has 0 saturated carbocycles. The number of likely N-dealkylation sites (tertiary alicyclic amines) is 1. The van der Waals surface area contributed by atoms with Gasteiger partial charge in [0, 0.05) is 18.0 Å². The Balaban J connectivity index is 1.52. The Kier molecular flexibility index (Phi) is 10.8. The van der Waals surface area contributed by atoms with Crippen molar-refractivity contribution < 1.29 is 24.2 Å². The molecule has 2 aromatic rings. The van der Waals surface area contributed by atoms with E-state index in [1.807, 2.05) is 55.5 Å². The number of aliphatic hydroxyl groups is 1. The third-order valence-corrected chi connectivity index (χ3v) is 7.93. The van der Waals surface area contributed by atoms with E-state index in [1.165, 1.54) is 0 Å². The number of hydrogen-bond acceptors (Lipinski definition) is 7. The lowest BCUT2D eigenvalue weighted by atomic mass is 9.93. The normalized spacial score (nSPS) is 22.5. The number of carbonyl (C=O) groups is 2. The summed E-state index contributed by atoms with van der Waals surface area (Å²) >= 11 is 6.17. The molecule has 2 heterocycles. The lowest BCUT2D eigenvalue weighted by Crippen LogP contribution is -2.58. The molecule has 4 N–H and O–H groups in total. The van der Waals surface area contributed by atoms with Crippen LogP contribution in [0.5, 0.6) is 0 Å². The standard InChI is InChI=1S/C31H41ClN4O5/c1-3-9-25(33)28(38)34-27(21(2)40-18-22-10-5-4-6-11-22)30(39)36-15-8-14-26(36)29-35-31(19-37,20-41-29)17-23-12-7-13-24(32)16-23/h4-7,10-13,16,21,25-27,37H,3,8-9,14-15,17-20,33H2,1-2H3,(H,34,38)/t21?,25-,26?,27-,31-/m0/s1. The van der Waals surface area contributed by atoms with Gasteiger partial charge in [0.25, 0.3) is 0 Å². The summed E-state index contributed by atoms with van der Waals surface area (Å²) in [7, 11) is 0. The number of nitrogens with zero attached hydrogens (tertiary/aromatic N) is 2. The van der Waals surface area contributed by atoms with Gasteiger partial charge in [-0.15, -0.1) is 0 Å². The van der Waals surface area contributed by atoms with Crippen molar-refractivity contribution in [1.82, 2.24) is 10.2 Å². The molecule has 5 atom stereocenters. The van der Waals surface area contributed by atoms with E-state index in [9.17, 15) is 14.7 Å². The maximum atomic E-state index is 14.1. The number of benzene rings is 2. The quantitative estimate of drug-likeness (QED) is 0.332. The van der Waals surface area contributed by atoms with Crippen LogP contribution in [-0.2, 0) is 32.1 Å². The third-order valence-electron chi connectivity index (χ3n) is 7.70. The molecule has 2 aliphatic rings. The summed E-state index contributed by atoms with van der Waals surface area (Å²) in [6.07, 6.45) is 2.52. The molecule has 10 heteroatoms. The Morgan fingerprint density at radius 3 is 2.71 bits per heavy atom. The van der Waals surface area contributed by atoms with Gasteiger partial charge in [-0.3, -0.25) is 9.59 Å². The molecule has 4 rings (SSSR count). The van der Waals surface area contributed by atoms with Crippen molar-refractivity contribution in [3.05, 3.63) is 70.7 Å². The minimum Gasteiger partial charge on any atom is -0.477 e. The summed E-state index contributed by atoms with van der Waals surface area (Å²) in [5.74, 6) is -0.225. The van der Waals surface area contributed by atoms with Gasteiger partial charge in [-0.2, -0.15) is 0 Å². The van der Waals surface area contributed by atoms with E-state index < -0.39 is 29.8 Å². The van der Waals surface area contributed by atoms with Crippen molar-refractivity contribution >= 4 is 29.3 Å². The largest absolute Gasteiger partial charge is 0.477 e. The summed E-state index contributed by atoms with van der Waals surface area (Å²) < 4.78 is 12.1. The maximum absolute atomic E-state index is 14.1. The molecule has 222 valence electrons. The van der Waals surface area contributed by atoms with Gasteiger partial charge in [0.2, 0.25) is 17.7 Å². The van der Waals surface area contributed by atoms with Gasteiger partial charge in [0.15, 0.2) is 0 Å². The molecule has 1 fully saturated rings. The minimum atomic E-state index is -0.939. The van der Waals surface area contributed by atoms with Gasteiger partial charge >= 0.3 is 0 Å². The summed E-state index contributed by atoms with van der Waals surface area (Å²) in [5, 5.41) is 13.8. The van der Waals surface area contributed by atoms with Gasteiger partial charge in [-0.05, 0) is 49.4 Å². The van der Waals surface area contributed by atoms with Gasteiger partial charge in [-0.1, -0.05) is 67.4 Å². The molecule has 0 aromatic heterocycles. The van der Waals surface area contributed by atoms with Crippen LogP contribution in [0.3, 0.4) is 0 Å².